The Balaban J connectivity index is 2.15. The van der Waals surface area contributed by atoms with Gasteiger partial charge in [-0.3, -0.25) is 0 Å². The molecule has 0 spiro atoms. The molecule has 0 radical (unpaired) electrons. The van der Waals surface area contributed by atoms with Gasteiger partial charge < -0.3 is 9.55 Å². The van der Waals surface area contributed by atoms with Crippen LogP contribution in [0.4, 0.5) is 0 Å². The van der Waals surface area contributed by atoms with E-state index in [0.29, 0.717) is 0 Å². The standard InChI is InChI=1S/C16H17N3S/c1-3-9-20-13-10-14-16(2,11-17)6-8-19(14)15(13)12-5-4-7-18-12/h3-5,7,10,18H,1,6,8-9H2,2H3. The molecular weight excluding hydrogens is 266 g/mol. The maximum absolute atomic E-state index is 9.48. The molecule has 0 saturated carbocycles. The van der Waals surface area contributed by atoms with Crippen molar-refractivity contribution >= 4 is 11.8 Å². The number of aromatic amines is 1. The molecule has 3 nitrogen and oxygen atoms in total. The van der Waals surface area contributed by atoms with E-state index in [1.165, 1.54) is 10.6 Å². The molecule has 0 aliphatic carbocycles. The predicted molar refractivity (Wildman–Crippen MR) is 82.7 cm³/mol. The van der Waals surface area contributed by atoms with Crippen molar-refractivity contribution in [1.82, 2.24) is 9.55 Å². The average molecular weight is 283 g/mol. The Morgan fingerprint density at radius 1 is 1.65 bits per heavy atom. The van der Waals surface area contributed by atoms with Crippen LogP contribution in [0.3, 0.4) is 0 Å². The van der Waals surface area contributed by atoms with Gasteiger partial charge >= 0.3 is 0 Å². The van der Waals surface area contributed by atoms with Crippen molar-refractivity contribution in [3.8, 4) is 17.5 Å². The van der Waals surface area contributed by atoms with Crippen molar-refractivity contribution in [2.75, 3.05) is 5.75 Å². The summed E-state index contributed by atoms with van der Waals surface area (Å²) in [7, 11) is 0. The van der Waals surface area contributed by atoms with Crippen LogP contribution in [0, 0.1) is 11.3 Å². The van der Waals surface area contributed by atoms with Gasteiger partial charge in [-0.15, -0.1) is 18.3 Å². The normalized spacial score (nSPS) is 20.6. The van der Waals surface area contributed by atoms with E-state index in [0.717, 1.165) is 30.1 Å². The minimum atomic E-state index is -0.367. The first kappa shape index (κ1) is 13.1. The summed E-state index contributed by atoms with van der Waals surface area (Å²) in [5.41, 5.74) is 3.09. The molecular formula is C16H17N3S. The van der Waals surface area contributed by atoms with E-state index in [2.05, 4.69) is 34.3 Å². The predicted octanol–water partition coefficient (Wildman–Crippen LogP) is 3.95. The molecule has 3 rings (SSSR count). The number of thioether (sulfide) groups is 1. The average Bonchev–Trinajstić information content (AvgIpc) is 3.14. The highest BCUT2D eigenvalue weighted by molar-refractivity contribution is 7.99. The minimum Gasteiger partial charge on any atom is -0.360 e. The van der Waals surface area contributed by atoms with E-state index in [9.17, 15) is 5.26 Å². The SMILES string of the molecule is C=CCSc1cc2n(c1-c1ccc[nH]1)CCC2(C)C#N. The van der Waals surface area contributed by atoms with Gasteiger partial charge in [0.25, 0.3) is 0 Å². The fourth-order valence-electron chi connectivity index (χ4n) is 2.80. The lowest BCUT2D eigenvalue weighted by Gasteiger charge is -2.11. The van der Waals surface area contributed by atoms with E-state index in [1.54, 1.807) is 11.8 Å². The third-order valence-corrected chi connectivity index (χ3v) is 4.94. The number of fused-ring (bicyclic) bond motifs is 1. The first-order valence-electron chi connectivity index (χ1n) is 6.72. The third kappa shape index (κ3) is 1.90. The van der Waals surface area contributed by atoms with Crippen molar-refractivity contribution in [1.29, 1.82) is 5.26 Å². The lowest BCUT2D eigenvalue weighted by Crippen LogP contribution is -2.14. The second-order valence-electron chi connectivity index (χ2n) is 5.27. The minimum absolute atomic E-state index is 0.367. The summed E-state index contributed by atoms with van der Waals surface area (Å²) in [6.07, 6.45) is 4.74. The number of aromatic nitrogens is 2. The molecule has 102 valence electrons. The Kier molecular flexibility index (Phi) is 3.23. The van der Waals surface area contributed by atoms with Crippen LogP contribution in [0.25, 0.3) is 11.4 Å². The highest BCUT2D eigenvalue weighted by Crippen LogP contribution is 2.43. The maximum atomic E-state index is 9.48. The molecule has 0 amide bonds. The van der Waals surface area contributed by atoms with Gasteiger partial charge in [-0.1, -0.05) is 6.08 Å². The molecule has 1 unspecified atom stereocenters. The van der Waals surface area contributed by atoms with Gasteiger partial charge in [0.15, 0.2) is 0 Å². The second-order valence-corrected chi connectivity index (χ2v) is 6.33. The molecule has 3 heterocycles. The van der Waals surface area contributed by atoms with Gasteiger partial charge in [-0.2, -0.15) is 5.26 Å². The fraction of sp³-hybridized carbons (Fsp3) is 0.312. The van der Waals surface area contributed by atoms with Crippen molar-refractivity contribution in [3.05, 3.63) is 42.7 Å². The Morgan fingerprint density at radius 3 is 3.15 bits per heavy atom. The maximum Gasteiger partial charge on any atom is 0.0962 e. The Labute approximate surface area is 123 Å². The van der Waals surface area contributed by atoms with Crippen LogP contribution in [-0.4, -0.2) is 15.3 Å². The van der Waals surface area contributed by atoms with Crippen molar-refractivity contribution in [3.63, 3.8) is 0 Å². The molecule has 0 fully saturated rings. The van der Waals surface area contributed by atoms with E-state index in [1.807, 2.05) is 25.3 Å². The smallest absolute Gasteiger partial charge is 0.0962 e. The van der Waals surface area contributed by atoms with Crippen LogP contribution in [0.1, 0.15) is 19.0 Å². The van der Waals surface area contributed by atoms with E-state index in [-0.39, 0.29) is 5.41 Å². The Morgan fingerprint density at radius 2 is 2.50 bits per heavy atom. The zero-order chi connectivity index (χ0) is 14.2. The summed E-state index contributed by atoms with van der Waals surface area (Å²) in [6, 6.07) is 8.75. The van der Waals surface area contributed by atoms with E-state index >= 15 is 0 Å². The van der Waals surface area contributed by atoms with Crippen LogP contribution in [0.5, 0.6) is 0 Å². The molecule has 1 aliphatic heterocycles. The number of H-pyrrole nitrogens is 1. The van der Waals surface area contributed by atoms with Crippen LogP contribution in [0.2, 0.25) is 0 Å². The van der Waals surface area contributed by atoms with Crippen molar-refractivity contribution in [2.45, 2.75) is 30.2 Å². The first-order valence-corrected chi connectivity index (χ1v) is 7.71. The molecule has 2 aromatic heterocycles. The van der Waals surface area contributed by atoms with Gasteiger partial charge in [0.1, 0.15) is 0 Å². The summed E-state index contributed by atoms with van der Waals surface area (Å²) in [4.78, 5) is 4.51. The number of rotatable bonds is 4. The zero-order valence-electron chi connectivity index (χ0n) is 11.5. The van der Waals surface area contributed by atoms with Crippen molar-refractivity contribution in [2.24, 2.45) is 0 Å². The van der Waals surface area contributed by atoms with E-state index in [4.69, 9.17) is 0 Å². The number of hydrogen-bond acceptors (Lipinski definition) is 2. The molecule has 1 aliphatic rings. The van der Waals surface area contributed by atoms with Gasteiger partial charge in [-0.05, 0) is 31.5 Å². The summed E-state index contributed by atoms with van der Waals surface area (Å²) in [6.45, 7) is 6.73. The quantitative estimate of drug-likeness (QED) is 0.682. The van der Waals surface area contributed by atoms with Gasteiger partial charge in [-0.25, -0.2) is 0 Å². The van der Waals surface area contributed by atoms with Crippen LogP contribution in [0.15, 0.2) is 41.9 Å². The summed E-state index contributed by atoms with van der Waals surface area (Å²) in [5.74, 6) is 0.875. The van der Waals surface area contributed by atoms with Crippen LogP contribution >= 0.6 is 11.8 Å². The molecule has 0 saturated heterocycles. The number of nitrogens with one attached hydrogen (secondary N) is 1. The third-order valence-electron chi connectivity index (χ3n) is 3.92. The molecule has 0 bridgehead atoms. The number of hydrogen-bond donors (Lipinski definition) is 1. The lowest BCUT2D eigenvalue weighted by atomic mass is 9.88. The number of nitriles is 1. The molecule has 4 heteroatoms. The van der Waals surface area contributed by atoms with Gasteiger partial charge in [0.05, 0.1) is 22.9 Å². The summed E-state index contributed by atoms with van der Waals surface area (Å²) >= 11 is 1.77. The highest BCUT2D eigenvalue weighted by atomic mass is 32.2. The van der Waals surface area contributed by atoms with Crippen LogP contribution < -0.4 is 0 Å². The van der Waals surface area contributed by atoms with Crippen LogP contribution in [-0.2, 0) is 12.0 Å². The van der Waals surface area contributed by atoms with E-state index < -0.39 is 0 Å². The Hall–Kier alpha value is -1.86. The summed E-state index contributed by atoms with van der Waals surface area (Å²) in [5, 5.41) is 9.48. The van der Waals surface area contributed by atoms with Gasteiger partial charge in [0, 0.05) is 29.1 Å². The zero-order valence-corrected chi connectivity index (χ0v) is 12.3. The largest absolute Gasteiger partial charge is 0.360 e. The van der Waals surface area contributed by atoms with Gasteiger partial charge in [0.2, 0.25) is 0 Å². The highest BCUT2D eigenvalue weighted by Gasteiger charge is 2.37. The molecule has 20 heavy (non-hydrogen) atoms. The number of nitrogens with zero attached hydrogens (tertiary/aromatic N) is 2. The van der Waals surface area contributed by atoms with Crippen molar-refractivity contribution < 1.29 is 0 Å². The Bertz CT molecular complexity index is 675. The topological polar surface area (TPSA) is 44.5 Å². The molecule has 2 aromatic rings. The monoisotopic (exact) mass is 283 g/mol. The summed E-state index contributed by atoms with van der Waals surface area (Å²) < 4.78 is 2.29. The lowest BCUT2D eigenvalue weighted by molar-refractivity contribution is 0.596. The molecule has 1 N–H and O–H groups in total. The first-order chi connectivity index (χ1) is 9.69. The molecule has 0 aromatic carbocycles. The second kappa shape index (κ2) is 4.92. The fourth-order valence-corrected chi connectivity index (χ4v) is 3.65. The molecule has 1 atom stereocenters.